The van der Waals surface area contributed by atoms with E-state index in [0.717, 1.165) is 30.9 Å². The van der Waals surface area contributed by atoms with E-state index in [2.05, 4.69) is 40.9 Å². The van der Waals surface area contributed by atoms with Crippen LogP contribution in [0.2, 0.25) is 0 Å². The number of hydrogen-bond donors (Lipinski definition) is 1. The molecule has 0 radical (unpaired) electrons. The molecule has 1 aliphatic heterocycles. The van der Waals surface area contributed by atoms with E-state index in [1.54, 1.807) is 0 Å². The van der Waals surface area contributed by atoms with Crippen molar-refractivity contribution in [1.82, 2.24) is 9.88 Å². The van der Waals surface area contributed by atoms with Gasteiger partial charge in [0.05, 0.1) is 0 Å². The molecular formula is C14H24N4. The van der Waals surface area contributed by atoms with E-state index in [1.807, 2.05) is 6.20 Å². The van der Waals surface area contributed by atoms with Crippen LogP contribution in [0, 0.1) is 0 Å². The topological polar surface area (TPSA) is 45.4 Å². The average Bonchev–Trinajstić information content (AvgIpc) is 2.60. The summed E-state index contributed by atoms with van der Waals surface area (Å²) >= 11 is 0. The normalized spacial score (nSPS) is 21.9. The maximum absolute atomic E-state index is 5.61. The lowest BCUT2D eigenvalue weighted by Gasteiger charge is -2.31. The Morgan fingerprint density at radius 3 is 2.83 bits per heavy atom. The van der Waals surface area contributed by atoms with E-state index < -0.39 is 0 Å². The van der Waals surface area contributed by atoms with Crippen LogP contribution in [-0.4, -0.2) is 42.6 Å². The Bertz CT molecular complexity index is 363. The molecule has 0 bridgehead atoms. The molecule has 0 saturated carbocycles. The Kier molecular flexibility index (Phi) is 4.55. The Morgan fingerprint density at radius 1 is 1.39 bits per heavy atom. The predicted molar refractivity (Wildman–Crippen MR) is 75.7 cm³/mol. The number of aromatic nitrogens is 1. The standard InChI is InChI=1S/C14H24N4/c1-3-13-11-17(2)7-4-8-18(13)14-6-5-12(9-15)10-16-14/h5-6,10,13H,3-4,7-9,11,15H2,1-2H3. The summed E-state index contributed by atoms with van der Waals surface area (Å²) in [6, 6.07) is 4.76. The Balaban J connectivity index is 2.17. The van der Waals surface area contributed by atoms with Gasteiger partial charge < -0.3 is 15.5 Å². The van der Waals surface area contributed by atoms with Gasteiger partial charge in [-0.2, -0.15) is 0 Å². The van der Waals surface area contributed by atoms with E-state index in [1.165, 1.54) is 13.0 Å². The number of nitrogens with two attached hydrogens (primary N) is 1. The fourth-order valence-corrected chi connectivity index (χ4v) is 2.60. The zero-order valence-corrected chi connectivity index (χ0v) is 11.5. The van der Waals surface area contributed by atoms with E-state index >= 15 is 0 Å². The van der Waals surface area contributed by atoms with E-state index in [4.69, 9.17) is 5.73 Å². The summed E-state index contributed by atoms with van der Waals surface area (Å²) < 4.78 is 0. The summed E-state index contributed by atoms with van der Waals surface area (Å²) in [6.45, 7) is 6.21. The fourth-order valence-electron chi connectivity index (χ4n) is 2.60. The van der Waals surface area contributed by atoms with Gasteiger partial charge in [0, 0.05) is 31.9 Å². The van der Waals surface area contributed by atoms with Crippen LogP contribution in [0.5, 0.6) is 0 Å². The van der Waals surface area contributed by atoms with E-state index in [0.29, 0.717) is 12.6 Å². The number of pyridine rings is 1. The fraction of sp³-hybridized carbons (Fsp3) is 0.643. The zero-order valence-electron chi connectivity index (χ0n) is 11.5. The molecule has 100 valence electrons. The van der Waals surface area contributed by atoms with Gasteiger partial charge in [0.1, 0.15) is 5.82 Å². The molecule has 1 unspecified atom stereocenters. The highest BCUT2D eigenvalue weighted by atomic mass is 15.3. The Morgan fingerprint density at radius 2 is 2.22 bits per heavy atom. The van der Waals surface area contributed by atoms with Gasteiger partial charge >= 0.3 is 0 Å². The molecule has 0 spiro atoms. The second kappa shape index (κ2) is 6.16. The summed E-state index contributed by atoms with van der Waals surface area (Å²) in [4.78, 5) is 9.43. The number of nitrogens with zero attached hydrogens (tertiary/aromatic N) is 3. The van der Waals surface area contributed by atoms with Crippen molar-refractivity contribution >= 4 is 5.82 Å². The molecule has 1 aliphatic rings. The predicted octanol–water partition coefficient (Wildman–Crippen LogP) is 1.46. The summed E-state index contributed by atoms with van der Waals surface area (Å²) in [5.74, 6) is 1.09. The van der Waals surface area contributed by atoms with Gasteiger partial charge in [0.2, 0.25) is 0 Å². The van der Waals surface area contributed by atoms with Crippen LogP contribution in [0.3, 0.4) is 0 Å². The molecule has 4 heteroatoms. The molecule has 2 rings (SSSR count). The first-order valence-corrected chi connectivity index (χ1v) is 6.84. The van der Waals surface area contributed by atoms with Gasteiger partial charge in [0.15, 0.2) is 0 Å². The SMILES string of the molecule is CCC1CN(C)CCCN1c1ccc(CN)cn1. The molecule has 0 aliphatic carbocycles. The zero-order chi connectivity index (χ0) is 13.0. The second-order valence-electron chi connectivity index (χ2n) is 5.10. The van der Waals surface area contributed by atoms with Gasteiger partial charge in [0.25, 0.3) is 0 Å². The van der Waals surface area contributed by atoms with Crippen molar-refractivity contribution in [3.05, 3.63) is 23.9 Å². The first-order chi connectivity index (χ1) is 8.74. The molecule has 1 saturated heterocycles. The van der Waals surface area contributed by atoms with Crippen LogP contribution < -0.4 is 10.6 Å². The summed E-state index contributed by atoms with van der Waals surface area (Å²) in [5.41, 5.74) is 6.71. The lowest BCUT2D eigenvalue weighted by molar-refractivity contribution is 0.327. The van der Waals surface area contributed by atoms with Gasteiger partial charge in [-0.25, -0.2) is 4.98 Å². The number of likely N-dealkylation sites (N-methyl/N-ethyl adjacent to an activating group) is 1. The van der Waals surface area contributed by atoms with Crippen molar-refractivity contribution < 1.29 is 0 Å². The molecule has 18 heavy (non-hydrogen) atoms. The molecule has 2 heterocycles. The smallest absolute Gasteiger partial charge is 0.128 e. The third-order valence-corrected chi connectivity index (χ3v) is 3.71. The maximum atomic E-state index is 5.61. The van der Waals surface area contributed by atoms with Gasteiger partial charge in [-0.15, -0.1) is 0 Å². The summed E-state index contributed by atoms with van der Waals surface area (Å²) in [7, 11) is 2.21. The van der Waals surface area contributed by atoms with E-state index in [-0.39, 0.29) is 0 Å². The molecule has 1 fully saturated rings. The third-order valence-electron chi connectivity index (χ3n) is 3.71. The molecule has 1 aromatic rings. The largest absolute Gasteiger partial charge is 0.352 e. The second-order valence-corrected chi connectivity index (χ2v) is 5.10. The molecular weight excluding hydrogens is 224 g/mol. The minimum Gasteiger partial charge on any atom is -0.352 e. The van der Waals surface area contributed by atoms with Crippen LogP contribution >= 0.6 is 0 Å². The highest BCUT2D eigenvalue weighted by Gasteiger charge is 2.22. The molecule has 1 aromatic heterocycles. The highest BCUT2D eigenvalue weighted by Crippen LogP contribution is 2.19. The minimum absolute atomic E-state index is 0.563. The van der Waals surface area contributed by atoms with Crippen molar-refractivity contribution in [3.63, 3.8) is 0 Å². The van der Waals surface area contributed by atoms with Crippen LogP contribution in [-0.2, 0) is 6.54 Å². The third kappa shape index (κ3) is 3.00. The van der Waals surface area contributed by atoms with Crippen molar-refractivity contribution in [1.29, 1.82) is 0 Å². The molecule has 1 atom stereocenters. The summed E-state index contributed by atoms with van der Waals surface area (Å²) in [6.07, 6.45) is 4.26. The van der Waals surface area contributed by atoms with Crippen LogP contribution in [0.4, 0.5) is 5.82 Å². The van der Waals surface area contributed by atoms with Crippen molar-refractivity contribution in [2.45, 2.75) is 32.4 Å². The quantitative estimate of drug-likeness (QED) is 0.879. The van der Waals surface area contributed by atoms with Gasteiger partial charge in [-0.3, -0.25) is 0 Å². The molecule has 0 aromatic carbocycles. The lowest BCUT2D eigenvalue weighted by Crippen LogP contribution is -2.40. The molecule has 2 N–H and O–H groups in total. The van der Waals surface area contributed by atoms with Gasteiger partial charge in [-0.05, 0) is 38.1 Å². The monoisotopic (exact) mass is 248 g/mol. The van der Waals surface area contributed by atoms with Crippen LogP contribution in [0.15, 0.2) is 18.3 Å². The number of anilines is 1. The molecule has 4 nitrogen and oxygen atoms in total. The Labute approximate surface area is 110 Å². The molecule has 0 amide bonds. The highest BCUT2D eigenvalue weighted by molar-refractivity contribution is 5.41. The first-order valence-electron chi connectivity index (χ1n) is 6.84. The van der Waals surface area contributed by atoms with Crippen molar-refractivity contribution in [2.24, 2.45) is 5.73 Å². The number of rotatable bonds is 3. The van der Waals surface area contributed by atoms with Crippen LogP contribution in [0.1, 0.15) is 25.3 Å². The minimum atomic E-state index is 0.563. The average molecular weight is 248 g/mol. The maximum Gasteiger partial charge on any atom is 0.128 e. The summed E-state index contributed by atoms with van der Waals surface area (Å²) in [5, 5.41) is 0. The van der Waals surface area contributed by atoms with Gasteiger partial charge in [-0.1, -0.05) is 13.0 Å². The van der Waals surface area contributed by atoms with Crippen molar-refractivity contribution in [2.75, 3.05) is 31.6 Å². The first kappa shape index (κ1) is 13.3. The lowest BCUT2D eigenvalue weighted by atomic mass is 10.1. The van der Waals surface area contributed by atoms with E-state index in [9.17, 15) is 0 Å². The van der Waals surface area contributed by atoms with Crippen molar-refractivity contribution in [3.8, 4) is 0 Å². The number of hydrogen-bond acceptors (Lipinski definition) is 4. The van der Waals surface area contributed by atoms with Crippen LogP contribution in [0.25, 0.3) is 0 Å². The Hall–Kier alpha value is -1.13.